The fraction of sp³-hybridized carbons (Fsp3) is 0.267. The number of amides is 1. The summed E-state index contributed by atoms with van der Waals surface area (Å²) in [6.07, 6.45) is 0.982. The molecule has 0 saturated heterocycles. The summed E-state index contributed by atoms with van der Waals surface area (Å²) in [4.78, 5) is 14.0. The van der Waals surface area contributed by atoms with Gasteiger partial charge in [-0.2, -0.15) is 0 Å². The van der Waals surface area contributed by atoms with E-state index in [9.17, 15) is 4.79 Å². The number of nitrogens with one attached hydrogen (secondary N) is 1. The van der Waals surface area contributed by atoms with Gasteiger partial charge in [-0.05, 0) is 48.2 Å². The molecule has 1 aromatic carbocycles. The van der Waals surface area contributed by atoms with Crippen molar-refractivity contribution < 1.29 is 4.79 Å². The van der Waals surface area contributed by atoms with E-state index in [4.69, 9.17) is 0 Å². The van der Waals surface area contributed by atoms with Crippen LogP contribution in [-0.4, -0.2) is 18.2 Å². The summed E-state index contributed by atoms with van der Waals surface area (Å²) in [6.45, 7) is 2.70. The minimum absolute atomic E-state index is 0.0530. The first-order valence-electron chi connectivity index (χ1n) is 6.27. The third-order valence-electron chi connectivity index (χ3n) is 2.69. The highest BCUT2D eigenvalue weighted by Crippen LogP contribution is 2.18. The molecule has 0 unspecified atom stereocenters. The van der Waals surface area contributed by atoms with Crippen molar-refractivity contribution in [1.82, 2.24) is 5.32 Å². The molecule has 100 valence electrons. The first-order valence-corrected chi connectivity index (χ1v) is 8.14. The Labute approximate surface area is 122 Å². The summed E-state index contributed by atoms with van der Waals surface area (Å²) in [6, 6.07) is 12.3. The average molecular weight is 291 g/mol. The summed E-state index contributed by atoms with van der Waals surface area (Å²) in [7, 11) is 0. The van der Waals surface area contributed by atoms with Crippen LogP contribution in [0.2, 0.25) is 0 Å². The molecule has 2 aromatic rings. The van der Waals surface area contributed by atoms with Crippen molar-refractivity contribution in [3.8, 4) is 0 Å². The van der Waals surface area contributed by atoms with E-state index in [1.807, 2.05) is 48.3 Å². The molecule has 19 heavy (non-hydrogen) atoms. The van der Waals surface area contributed by atoms with E-state index >= 15 is 0 Å². The zero-order valence-electron chi connectivity index (χ0n) is 10.9. The van der Waals surface area contributed by atoms with Crippen molar-refractivity contribution in [3.63, 3.8) is 0 Å². The monoisotopic (exact) mass is 291 g/mol. The number of aryl methyl sites for hydroxylation is 1. The SMILES string of the molecule is Cc1ccsc1C(=O)NCCCSc1ccccc1. The summed E-state index contributed by atoms with van der Waals surface area (Å²) in [5.74, 6) is 1.07. The Morgan fingerprint density at radius 1 is 1.26 bits per heavy atom. The lowest BCUT2D eigenvalue weighted by Gasteiger charge is -2.04. The van der Waals surface area contributed by atoms with Crippen LogP contribution >= 0.6 is 23.1 Å². The van der Waals surface area contributed by atoms with Gasteiger partial charge in [0.15, 0.2) is 0 Å². The van der Waals surface area contributed by atoms with Crippen LogP contribution < -0.4 is 5.32 Å². The second-order valence-electron chi connectivity index (χ2n) is 4.20. The third-order valence-corrected chi connectivity index (χ3v) is 4.80. The van der Waals surface area contributed by atoms with Gasteiger partial charge in [0.05, 0.1) is 4.88 Å². The van der Waals surface area contributed by atoms with Crippen LogP contribution in [0.5, 0.6) is 0 Å². The molecule has 0 aliphatic carbocycles. The van der Waals surface area contributed by atoms with Gasteiger partial charge in [0.2, 0.25) is 0 Å². The van der Waals surface area contributed by atoms with Crippen LogP contribution in [0, 0.1) is 6.92 Å². The van der Waals surface area contributed by atoms with Crippen LogP contribution in [0.4, 0.5) is 0 Å². The molecule has 0 aliphatic heterocycles. The maximum Gasteiger partial charge on any atom is 0.261 e. The second kappa shape index (κ2) is 7.36. The van der Waals surface area contributed by atoms with E-state index in [-0.39, 0.29) is 5.91 Å². The maximum absolute atomic E-state index is 11.9. The quantitative estimate of drug-likeness (QED) is 0.644. The molecule has 1 amide bonds. The van der Waals surface area contributed by atoms with Crippen LogP contribution in [0.3, 0.4) is 0 Å². The molecule has 0 saturated carbocycles. The standard InChI is InChI=1S/C15H17NOS2/c1-12-8-11-19-14(12)15(17)16-9-5-10-18-13-6-3-2-4-7-13/h2-4,6-8,11H,5,9-10H2,1H3,(H,16,17). The first-order chi connectivity index (χ1) is 9.27. The highest BCUT2D eigenvalue weighted by Gasteiger charge is 2.08. The van der Waals surface area contributed by atoms with E-state index in [0.29, 0.717) is 0 Å². The number of carbonyl (C=O) groups is 1. The normalized spacial score (nSPS) is 10.4. The van der Waals surface area contributed by atoms with E-state index in [0.717, 1.165) is 29.2 Å². The Morgan fingerprint density at radius 2 is 2.05 bits per heavy atom. The molecule has 1 N–H and O–H groups in total. The molecule has 2 nitrogen and oxygen atoms in total. The zero-order valence-corrected chi connectivity index (χ0v) is 12.5. The van der Waals surface area contributed by atoms with E-state index in [1.54, 1.807) is 0 Å². The van der Waals surface area contributed by atoms with Crippen LogP contribution in [0.1, 0.15) is 21.7 Å². The minimum atomic E-state index is 0.0530. The summed E-state index contributed by atoms with van der Waals surface area (Å²) >= 11 is 3.33. The highest BCUT2D eigenvalue weighted by atomic mass is 32.2. The lowest BCUT2D eigenvalue weighted by Crippen LogP contribution is -2.24. The number of rotatable bonds is 6. The molecule has 0 spiro atoms. The molecule has 0 atom stereocenters. The van der Waals surface area contributed by atoms with Gasteiger partial charge >= 0.3 is 0 Å². The van der Waals surface area contributed by atoms with E-state index in [1.165, 1.54) is 16.2 Å². The summed E-state index contributed by atoms with van der Waals surface area (Å²) in [5.41, 5.74) is 1.06. The molecular weight excluding hydrogens is 274 g/mol. The molecule has 0 bridgehead atoms. The number of benzene rings is 1. The Hall–Kier alpha value is -1.26. The molecular formula is C15H17NOS2. The number of carbonyl (C=O) groups excluding carboxylic acids is 1. The molecule has 4 heteroatoms. The summed E-state index contributed by atoms with van der Waals surface area (Å²) < 4.78 is 0. The predicted octanol–water partition coefficient (Wildman–Crippen LogP) is 3.97. The van der Waals surface area contributed by atoms with Crippen molar-refractivity contribution in [2.24, 2.45) is 0 Å². The van der Waals surface area contributed by atoms with Crippen LogP contribution in [0.25, 0.3) is 0 Å². The molecule has 0 aliphatic rings. The number of thioether (sulfide) groups is 1. The molecule has 1 aromatic heterocycles. The van der Waals surface area contributed by atoms with Gasteiger partial charge in [-0.3, -0.25) is 4.79 Å². The Kier molecular flexibility index (Phi) is 5.48. The van der Waals surface area contributed by atoms with E-state index < -0.39 is 0 Å². The van der Waals surface area contributed by atoms with Gasteiger partial charge in [-0.1, -0.05) is 18.2 Å². The van der Waals surface area contributed by atoms with Gasteiger partial charge in [0.1, 0.15) is 0 Å². The van der Waals surface area contributed by atoms with Gasteiger partial charge in [0.25, 0.3) is 5.91 Å². The number of thiophene rings is 1. The van der Waals surface area contributed by atoms with E-state index in [2.05, 4.69) is 17.4 Å². The van der Waals surface area contributed by atoms with Crippen molar-refractivity contribution >= 4 is 29.0 Å². The largest absolute Gasteiger partial charge is 0.351 e. The van der Waals surface area contributed by atoms with Crippen molar-refractivity contribution in [3.05, 3.63) is 52.2 Å². The van der Waals surface area contributed by atoms with Crippen LogP contribution in [-0.2, 0) is 0 Å². The Balaban J connectivity index is 1.65. The molecule has 2 rings (SSSR count). The maximum atomic E-state index is 11.9. The van der Waals surface area contributed by atoms with Gasteiger partial charge in [0, 0.05) is 11.4 Å². The fourth-order valence-electron chi connectivity index (χ4n) is 1.67. The number of hydrogen-bond acceptors (Lipinski definition) is 3. The molecule has 0 fully saturated rings. The smallest absolute Gasteiger partial charge is 0.261 e. The highest BCUT2D eigenvalue weighted by molar-refractivity contribution is 7.99. The van der Waals surface area contributed by atoms with Gasteiger partial charge in [-0.15, -0.1) is 23.1 Å². The summed E-state index contributed by atoms with van der Waals surface area (Å²) in [5, 5.41) is 4.92. The number of hydrogen-bond donors (Lipinski definition) is 1. The Morgan fingerprint density at radius 3 is 2.74 bits per heavy atom. The van der Waals surface area contributed by atoms with Crippen LogP contribution in [0.15, 0.2) is 46.7 Å². The fourth-order valence-corrected chi connectivity index (χ4v) is 3.38. The first kappa shape index (κ1) is 14.2. The second-order valence-corrected chi connectivity index (χ2v) is 6.29. The lowest BCUT2D eigenvalue weighted by molar-refractivity contribution is 0.0957. The minimum Gasteiger partial charge on any atom is -0.351 e. The predicted molar refractivity (Wildman–Crippen MR) is 83.2 cm³/mol. The van der Waals surface area contributed by atoms with Gasteiger partial charge in [-0.25, -0.2) is 0 Å². The van der Waals surface area contributed by atoms with Crippen molar-refractivity contribution in [1.29, 1.82) is 0 Å². The molecule has 1 heterocycles. The van der Waals surface area contributed by atoms with Crippen molar-refractivity contribution in [2.75, 3.05) is 12.3 Å². The molecule has 0 radical (unpaired) electrons. The zero-order chi connectivity index (χ0) is 13.5. The topological polar surface area (TPSA) is 29.1 Å². The average Bonchev–Trinajstić information content (AvgIpc) is 2.86. The third kappa shape index (κ3) is 4.40. The lowest BCUT2D eigenvalue weighted by atomic mass is 10.3. The Bertz CT molecular complexity index is 522. The van der Waals surface area contributed by atoms with Gasteiger partial charge < -0.3 is 5.32 Å². The van der Waals surface area contributed by atoms with Crippen molar-refractivity contribution in [2.45, 2.75) is 18.2 Å².